The maximum absolute atomic E-state index is 12.3. The first kappa shape index (κ1) is 10.5. The van der Waals surface area contributed by atoms with Crippen molar-refractivity contribution < 1.29 is 19.5 Å². The molecule has 0 spiro atoms. The standard InChI is InChI=1S/C12H13NO4/c1-12-7-3-2-6(4-7)9(12)10(16)13(11(12)17)5-8(14)15/h2-3,6-7,9H,4-5H2,1H3,(H,14,15)/t6-,7-,9+,12-/m0/s1. The zero-order valence-electron chi connectivity index (χ0n) is 9.42. The van der Waals surface area contributed by atoms with Crippen LogP contribution >= 0.6 is 0 Å². The maximum Gasteiger partial charge on any atom is 0.323 e. The second-order valence-corrected chi connectivity index (χ2v) is 5.27. The number of carboxylic acid groups (broad SMARTS) is 1. The average Bonchev–Trinajstić information content (AvgIpc) is 2.87. The Bertz CT molecular complexity index is 469. The summed E-state index contributed by atoms with van der Waals surface area (Å²) in [4.78, 5) is 36.0. The number of nitrogens with zero attached hydrogens (tertiary/aromatic N) is 1. The molecule has 2 amide bonds. The van der Waals surface area contributed by atoms with Crippen LogP contribution in [0.5, 0.6) is 0 Å². The normalized spacial score (nSPS) is 42.4. The average molecular weight is 235 g/mol. The van der Waals surface area contributed by atoms with Crippen LogP contribution in [0.2, 0.25) is 0 Å². The van der Waals surface area contributed by atoms with Gasteiger partial charge in [-0.05, 0) is 25.2 Å². The van der Waals surface area contributed by atoms with Crippen LogP contribution in [0.25, 0.3) is 0 Å². The van der Waals surface area contributed by atoms with E-state index in [9.17, 15) is 14.4 Å². The lowest BCUT2D eigenvalue weighted by Crippen LogP contribution is -2.39. The Morgan fingerprint density at radius 1 is 1.53 bits per heavy atom. The van der Waals surface area contributed by atoms with Gasteiger partial charge in [0.25, 0.3) is 0 Å². The van der Waals surface area contributed by atoms with Crippen LogP contribution in [0, 0.1) is 23.2 Å². The Morgan fingerprint density at radius 3 is 2.82 bits per heavy atom. The molecule has 3 rings (SSSR count). The van der Waals surface area contributed by atoms with Crippen molar-refractivity contribution in [1.82, 2.24) is 4.90 Å². The van der Waals surface area contributed by atoms with E-state index in [1.54, 1.807) is 6.92 Å². The molecule has 5 nitrogen and oxygen atoms in total. The molecule has 4 atom stereocenters. The SMILES string of the molecule is C[C@@]12C(=O)N(CC(=O)O)C(=O)[C@H]1[C@H]1C=C[C@H]2C1. The summed E-state index contributed by atoms with van der Waals surface area (Å²) in [7, 11) is 0. The third kappa shape index (κ3) is 1.06. The molecular formula is C12H13NO4. The fourth-order valence-electron chi connectivity index (χ4n) is 3.67. The lowest BCUT2D eigenvalue weighted by atomic mass is 9.71. The first-order valence-electron chi connectivity index (χ1n) is 5.72. The molecule has 0 aromatic rings. The summed E-state index contributed by atoms with van der Waals surface area (Å²) < 4.78 is 0. The number of allylic oxidation sites excluding steroid dienone is 2. The minimum atomic E-state index is -1.14. The summed E-state index contributed by atoms with van der Waals surface area (Å²) in [6, 6.07) is 0. The number of likely N-dealkylation sites (tertiary alicyclic amines) is 1. The quantitative estimate of drug-likeness (QED) is 0.550. The molecule has 2 bridgehead atoms. The number of carbonyl (C=O) groups is 3. The molecular weight excluding hydrogens is 222 g/mol. The number of rotatable bonds is 2. The highest BCUT2D eigenvalue weighted by atomic mass is 16.4. The first-order chi connectivity index (χ1) is 7.96. The number of fused-ring (bicyclic) bond motifs is 5. The number of hydrogen-bond donors (Lipinski definition) is 1. The van der Waals surface area contributed by atoms with Gasteiger partial charge in [0.2, 0.25) is 11.8 Å². The highest BCUT2D eigenvalue weighted by Gasteiger charge is 2.67. The summed E-state index contributed by atoms with van der Waals surface area (Å²) in [5.74, 6) is -1.91. The minimum Gasteiger partial charge on any atom is -0.480 e. The Balaban J connectivity index is 2.00. The van der Waals surface area contributed by atoms with Crippen molar-refractivity contribution in [1.29, 1.82) is 0 Å². The largest absolute Gasteiger partial charge is 0.480 e. The van der Waals surface area contributed by atoms with Gasteiger partial charge in [-0.15, -0.1) is 0 Å². The van der Waals surface area contributed by atoms with E-state index in [4.69, 9.17) is 5.11 Å². The number of amides is 2. The van der Waals surface area contributed by atoms with Gasteiger partial charge in [0.1, 0.15) is 6.54 Å². The molecule has 17 heavy (non-hydrogen) atoms. The molecule has 90 valence electrons. The van der Waals surface area contributed by atoms with Gasteiger partial charge in [-0.1, -0.05) is 12.2 Å². The number of imide groups is 1. The van der Waals surface area contributed by atoms with Crippen molar-refractivity contribution in [3.8, 4) is 0 Å². The molecule has 2 fully saturated rings. The van der Waals surface area contributed by atoms with Gasteiger partial charge >= 0.3 is 5.97 Å². The van der Waals surface area contributed by atoms with Gasteiger partial charge in [-0.25, -0.2) is 0 Å². The summed E-state index contributed by atoms with van der Waals surface area (Å²) in [6.07, 6.45) is 4.84. The van der Waals surface area contributed by atoms with Crippen molar-refractivity contribution >= 4 is 17.8 Å². The Kier molecular flexibility index (Phi) is 1.83. The molecule has 1 saturated carbocycles. The number of aliphatic carboxylic acids is 1. The van der Waals surface area contributed by atoms with E-state index in [-0.39, 0.29) is 29.6 Å². The molecule has 0 aromatic heterocycles. The van der Waals surface area contributed by atoms with E-state index in [1.807, 2.05) is 12.2 Å². The van der Waals surface area contributed by atoms with Crippen molar-refractivity contribution in [2.24, 2.45) is 23.2 Å². The summed E-state index contributed by atoms with van der Waals surface area (Å²) in [5, 5.41) is 8.74. The molecule has 3 aliphatic rings. The van der Waals surface area contributed by atoms with Crippen molar-refractivity contribution in [3.05, 3.63) is 12.2 Å². The van der Waals surface area contributed by atoms with Crippen LogP contribution < -0.4 is 0 Å². The van der Waals surface area contributed by atoms with Crippen LogP contribution in [0.15, 0.2) is 12.2 Å². The van der Waals surface area contributed by atoms with E-state index in [1.165, 1.54) is 0 Å². The maximum atomic E-state index is 12.3. The molecule has 0 radical (unpaired) electrons. The summed E-state index contributed by atoms with van der Waals surface area (Å²) in [6.45, 7) is 1.29. The number of carbonyl (C=O) groups excluding carboxylic acids is 2. The number of hydrogen-bond acceptors (Lipinski definition) is 3. The fourth-order valence-corrected chi connectivity index (χ4v) is 3.67. The zero-order valence-corrected chi connectivity index (χ0v) is 9.42. The van der Waals surface area contributed by atoms with Gasteiger partial charge in [0.15, 0.2) is 0 Å². The fraction of sp³-hybridized carbons (Fsp3) is 0.583. The van der Waals surface area contributed by atoms with Gasteiger partial charge in [0, 0.05) is 0 Å². The molecule has 5 heteroatoms. The van der Waals surface area contributed by atoms with Gasteiger partial charge in [0.05, 0.1) is 11.3 Å². The lowest BCUT2D eigenvalue weighted by molar-refractivity contribution is -0.150. The van der Waals surface area contributed by atoms with E-state index >= 15 is 0 Å². The lowest BCUT2D eigenvalue weighted by Gasteiger charge is -2.28. The summed E-state index contributed by atoms with van der Waals surface area (Å²) >= 11 is 0. The van der Waals surface area contributed by atoms with Crippen LogP contribution in [0.3, 0.4) is 0 Å². The second kappa shape index (κ2) is 2.97. The Labute approximate surface area is 98.1 Å². The second-order valence-electron chi connectivity index (χ2n) is 5.27. The zero-order chi connectivity index (χ0) is 12.4. The van der Waals surface area contributed by atoms with Gasteiger partial charge in [-0.2, -0.15) is 0 Å². The highest BCUT2D eigenvalue weighted by molar-refractivity contribution is 6.10. The predicted octanol–water partition coefficient (Wildman–Crippen LogP) is 0.268. The molecule has 1 aliphatic heterocycles. The van der Waals surface area contributed by atoms with Crippen molar-refractivity contribution in [2.45, 2.75) is 13.3 Å². The predicted molar refractivity (Wildman–Crippen MR) is 56.7 cm³/mol. The van der Waals surface area contributed by atoms with Crippen LogP contribution in [-0.2, 0) is 14.4 Å². The van der Waals surface area contributed by atoms with Crippen LogP contribution in [0.1, 0.15) is 13.3 Å². The molecule has 1 N–H and O–H groups in total. The molecule has 1 saturated heterocycles. The molecule has 0 aromatic carbocycles. The Morgan fingerprint density at radius 2 is 2.24 bits per heavy atom. The van der Waals surface area contributed by atoms with Crippen LogP contribution in [0.4, 0.5) is 0 Å². The number of carboxylic acids is 1. The van der Waals surface area contributed by atoms with Gasteiger partial charge in [-0.3, -0.25) is 19.3 Å². The van der Waals surface area contributed by atoms with E-state index < -0.39 is 17.9 Å². The monoisotopic (exact) mass is 235 g/mol. The Hall–Kier alpha value is -1.65. The smallest absolute Gasteiger partial charge is 0.323 e. The van der Waals surface area contributed by atoms with Gasteiger partial charge < -0.3 is 5.11 Å². The topological polar surface area (TPSA) is 74.7 Å². The minimum absolute atomic E-state index is 0.0905. The van der Waals surface area contributed by atoms with E-state index in [0.717, 1.165) is 11.3 Å². The van der Waals surface area contributed by atoms with Crippen molar-refractivity contribution in [3.63, 3.8) is 0 Å². The third-order valence-corrected chi connectivity index (χ3v) is 4.49. The summed E-state index contributed by atoms with van der Waals surface area (Å²) in [5.41, 5.74) is -0.702. The van der Waals surface area contributed by atoms with E-state index in [0.29, 0.717) is 0 Å². The molecule has 1 heterocycles. The van der Waals surface area contributed by atoms with E-state index in [2.05, 4.69) is 0 Å². The highest BCUT2D eigenvalue weighted by Crippen LogP contribution is 2.60. The molecule has 2 aliphatic carbocycles. The first-order valence-corrected chi connectivity index (χ1v) is 5.72. The van der Waals surface area contributed by atoms with Crippen molar-refractivity contribution in [2.75, 3.05) is 6.54 Å². The van der Waals surface area contributed by atoms with Crippen LogP contribution in [-0.4, -0.2) is 34.3 Å². The third-order valence-electron chi connectivity index (χ3n) is 4.49. The molecule has 0 unspecified atom stereocenters.